The lowest BCUT2D eigenvalue weighted by molar-refractivity contribution is 0.182. The van der Waals surface area contributed by atoms with E-state index in [2.05, 4.69) is 21.0 Å². The molecule has 1 aliphatic rings. The molecule has 2 heterocycles. The lowest BCUT2D eigenvalue weighted by Gasteiger charge is -2.16. The fourth-order valence-corrected chi connectivity index (χ4v) is 2.90. The number of thiazole rings is 1. The van der Waals surface area contributed by atoms with Crippen LogP contribution in [0.4, 0.5) is 0 Å². The molecule has 0 radical (unpaired) electrons. The van der Waals surface area contributed by atoms with E-state index in [-0.39, 0.29) is 0 Å². The van der Waals surface area contributed by atoms with Crippen LogP contribution < -0.4 is 10.6 Å². The molecule has 5 heteroatoms. The second-order valence-electron chi connectivity index (χ2n) is 4.53. The van der Waals surface area contributed by atoms with Gasteiger partial charge >= 0.3 is 0 Å². The maximum absolute atomic E-state index is 5.47. The Labute approximate surface area is 107 Å². The zero-order valence-electron chi connectivity index (χ0n) is 10.5. The second kappa shape index (κ2) is 6.44. The summed E-state index contributed by atoms with van der Waals surface area (Å²) in [5, 5.41) is 10.1. The minimum atomic E-state index is 0.504. The molecule has 0 bridgehead atoms. The molecule has 4 nitrogen and oxygen atoms in total. The van der Waals surface area contributed by atoms with Gasteiger partial charge in [-0.2, -0.15) is 0 Å². The van der Waals surface area contributed by atoms with Crippen molar-refractivity contribution in [2.24, 2.45) is 5.92 Å². The lowest BCUT2D eigenvalue weighted by atomic mass is 10.0. The Morgan fingerprint density at radius 3 is 3.12 bits per heavy atom. The topological polar surface area (TPSA) is 46.2 Å². The van der Waals surface area contributed by atoms with Crippen LogP contribution in [0.5, 0.6) is 0 Å². The zero-order valence-corrected chi connectivity index (χ0v) is 11.3. The Balaban J connectivity index is 1.63. The number of rotatable bonds is 6. The van der Waals surface area contributed by atoms with Gasteiger partial charge in [0.05, 0.1) is 18.2 Å². The first-order valence-corrected chi connectivity index (χ1v) is 7.04. The standard InChI is InChI=1S/C12H21N3OS/c1-9-8-17-12(15-9)3-4-14-5-10-6-16-7-11(10)13-2/h8,10-11,13-14H,3-7H2,1-2H3. The molecular formula is C12H21N3OS. The van der Waals surface area contributed by atoms with Gasteiger partial charge in [-0.3, -0.25) is 0 Å². The van der Waals surface area contributed by atoms with Crippen molar-refractivity contribution in [2.45, 2.75) is 19.4 Å². The second-order valence-corrected chi connectivity index (χ2v) is 5.47. The van der Waals surface area contributed by atoms with Gasteiger partial charge < -0.3 is 15.4 Å². The first-order valence-electron chi connectivity index (χ1n) is 6.16. The predicted molar refractivity (Wildman–Crippen MR) is 70.6 cm³/mol. The number of aromatic nitrogens is 1. The molecule has 1 saturated heterocycles. The van der Waals surface area contributed by atoms with Crippen LogP contribution in [-0.4, -0.2) is 44.4 Å². The van der Waals surface area contributed by atoms with Crippen molar-refractivity contribution in [1.29, 1.82) is 0 Å². The third-order valence-electron chi connectivity index (χ3n) is 3.16. The van der Waals surface area contributed by atoms with E-state index in [4.69, 9.17) is 4.74 Å². The summed E-state index contributed by atoms with van der Waals surface area (Å²) in [4.78, 5) is 4.45. The summed E-state index contributed by atoms with van der Waals surface area (Å²) >= 11 is 1.75. The number of likely N-dealkylation sites (N-methyl/N-ethyl adjacent to an activating group) is 1. The highest BCUT2D eigenvalue weighted by Gasteiger charge is 2.25. The van der Waals surface area contributed by atoms with Crippen LogP contribution in [0.25, 0.3) is 0 Å². The molecule has 2 rings (SSSR count). The van der Waals surface area contributed by atoms with Crippen molar-refractivity contribution in [3.63, 3.8) is 0 Å². The van der Waals surface area contributed by atoms with Crippen molar-refractivity contribution in [3.05, 3.63) is 16.1 Å². The molecule has 2 atom stereocenters. The molecule has 1 aliphatic heterocycles. The molecule has 0 spiro atoms. The van der Waals surface area contributed by atoms with Crippen molar-refractivity contribution in [1.82, 2.24) is 15.6 Å². The minimum Gasteiger partial charge on any atom is -0.379 e. The Kier molecular flexibility index (Phi) is 4.91. The Bertz CT molecular complexity index is 342. The molecule has 0 aliphatic carbocycles. The summed E-state index contributed by atoms with van der Waals surface area (Å²) in [5.74, 6) is 0.595. The fourth-order valence-electron chi connectivity index (χ4n) is 2.12. The molecule has 2 unspecified atom stereocenters. The smallest absolute Gasteiger partial charge is 0.0940 e. The van der Waals surface area contributed by atoms with E-state index < -0.39 is 0 Å². The third-order valence-corrected chi connectivity index (χ3v) is 4.18. The number of aryl methyl sites for hydroxylation is 1. The van der Waals surface area contributed by atoms with E-state index >= 15 is 0 Å². The van der Waals surface area contributed by atoms with E-state index in [0.717, 1.165) is 38.4 Å². The maximum atomic E-state index is 5.47. The Morgan fingerprint density at radius 2 is 2.41 bits per heavy atom. The first kappa shape index (κ1) is 13.0. The number of ether oxygens (including phenoxy) is 1. The summed E-state index contributed by atoms with van der Waals surface area (Å²) < 4.78 is 5.47. The maximum Gasteiger partial charge on any atom is 0.0940 e. The van der Waals surface area contributed by atoms with Gasteiger partial charge in [0, 0.05) is 42.5 Å². The van der Waals surface area contributed by atoms with Gasteiger partial charge in [0.1, 0.15) is 0 Å². The van der Waals surface area contributed by atoms with Gasteiger partial charge in [-0.15, -0.1) is 11.3 Å². The van der Waals surface area contributed by atoms with E-state index in [0.29, 0.717) is 12.0 Å². The third kappa shape index (κ3) is 3.74. The van der Waals surface area contributed by atoms with Gasteiger partial charge in [0.2, 0.25) is 0 Å². The summed E-state index contributed by atoms with van der Waals surface area (Å²) in [5.41, 5.74) is 1.13. The van der Waals surface area contributed by atoms with Crippen molar-refractivity contribution >= 4 is 11.3 Å². The molecule has 0 amide bonds. The molecular weight excluding hydrogens is 234 g/mol. The molecule has 1 aromatic heterocycles. The van der Waals surface area contributed by atoms with E-state index in [1.54, 1.807) is 11.3 Å². The lowest BCUT2D eigenvalue weighted by Crippen LogP contribution is -2.38. The zero-order chi connectivity index (χ0) is 12.1. The Hall–Kier alpha value is -0.490. The average Bonchev–Trinajstić information content (AvgIpc) is 2.93. The van der Waals surface area contributed by atoms with Crippen LogP contribution in [0.2, 0.25) is 0 Å². The van der Waals surface area contributed by atoms with Crippen LogP contribution in [0, 0.1) is 12.8 Å². The van der Waals surface area contributed by atoms with Crippen LogP contribution in [0.3, 0.4) is 0 Å². The quantitative estimate of drug-likeness (QED) is 0.739. The van der Waals surface area contributed by atoms with Gasteiger partial charge in [-0.1, -0.05) is 0 Å². The van der Waals surface area contributed by atoms with E-state index in [1.807, 2.05) is 14.0 Å². The predicted octanol–water partition coefficient (Wildman–Crippen LogP) is 0.818. The highest BCUT2D eigenvalue weighted by Crippen LogP contribution is 2.12. The highest BCUT2D eigenvalue weighted by molar-refractivity contribution is 7.09. The number of nitrogens with zero attached hydrogens (tertiary/aromatic N) is 1. The van der Waals surface area contributed by atoms with E-state index in [9.17, 15) is 0 Å². The van der Waals surface area contributed by atoms with Gasteiger partial charge in [0.25, 0.3) is 0 Å². The molecule has 0 saturated carbocycles. The highest BCUT2D eigenvalue weighted by atomic mass is 32.1. The molecule has 1 fully saturated rings. The minimum absolute atomic E-state index is 0.504. The van der Waals surface area contributed by atoms with Crippen molar-refractivity contribution < 1.29 is 4.74 Å². The number of hydrogen-bond donors (Lipinski definition) is 2. The summed E-state index contributed by atoms with van der Waals surface area (Å²) in [6, 6.07) is 0.504. The number of hydrogen-bond acceptors (Lipinski definition) is 5. The SMILES string of the molecule is CNC1COCC1CNCCc1nc(C)cs1. The van der Waals surface area contributed by atoms with Gasteiger partial charge in [0.15, 0.2) is 0 Å². The average molecular weight is 255 g/mol. The molecule has 1 aromatic rings. The van der Waals surface area contributed by atoms with Crippen LogP contribution in [-0.2, 0) is 11.2 Å². The van der Waals surface area contributed by atoms with Crippen LogP contribution in [0.1, 0.15) is 10.7 Å². The first-order chi connectivity index (χ1) is 8.29. The van der Waals surface area contributed by atoms with Crippen molar-refractivity contribution in [2.75, 3.05) is 33.4 Å². The van der Waals surface area contributed by atoms with Gasteiger partial charge in [-0.05, 0) is 14.0 Å². The normalized spacial score (nSPS) is 24.4. The van der Waals surface area contributed by atoms with Gasteiger partial charge in [-0.25, -0.2) is 4.98 Å². The Morgan fingerprint density at radius 1 is 1.53 bits per heavy atom. The molecule has 17 heavy (non-hydrogen) atoms. The van der Waals surface area contributed by atoms with Crippen LogP contribution in [0.15, 0.2) is 5.38 Å². The summed E-state index contributed by atoms with van der Waals surface area (Å²) in [7, 11) is 2.00. The monoisotopic (exact) mass is 255 g/mol. The number of nitrogens with one attached hydrogen (secondary N) is 2. The summed E-state index contributed by atoms with van der Waals surface area (Å²) in [6.07, 6.45) is 1.02. The van der Waals surface area contributed by atoms with E-state index in [1.165, 1.54) is 5.01 Å². The van der Waals surface area contributed by atoms with Crippen molar-refractivity contribution in [3.8, 4) is 0 Å². The fraction of sp³-hybridized carbons (Fsp3) is 0.750. The summed E-state index contributed by atoms with van der Waals surface area (Å²) in [6.45, 7) is 5.78. The molecule has 96 valence electrons. The molecule has 2 N–H and O–H groups in total. The largest absolute Gasteiger partial charge is 0.379 e. The van der Waals surface area contributed by atoms with Crippen LogP contribution >= 0.6 is 11.3 Å². The molecule has 0 aromatic carbocycles.